The van der Waals surface area contributed by atoms with Gasteiger partial charge in [0.2, 0.25) is 5.82 Å². The second-order valence-electron chi connectivity index (χ2n) is 11.1. The number of para-hydroxylation sites is 1. The average molecular weight is 480 g/mol. The van der Waals surface area contributed by atoms with Crippen LogP contribution in [0.3, 0.4) is 0 Å². The van der Waals surface area contributed by atoms with E-state index in [9.17, 15) is 9.59 Å². The van der Waals surface area contributed by atoms with Crippen molar-refractivity contribution in [3.05, 3.63) is 40.4 Å². The number of benzene rings is 1. The van der Waals surface area contributed by atoms with Gasteiger partial charge in [-0.1, -0.05) is 45.2 Å². The number of aromatic nitrogens is 2. The maximum absolute atomic E-state index is 13.7. The summed E-state index contributed by atoms with van der Waals surface area (Å²) in [6, 6.07) is 8.94. The Hall–Kier alpha value is -2.21. The zero-order chi connectivity index (χ0) is 24.5. The molecule has 4 atom stereocenters. The molecule has 0 amide bonds. The number of carbonyl (C=O) groups excluding carboxylic acids is 1. The van der Waals surface area contributed by atoms with Gasteiger partial charge in [-0.25, -0.2) is 9.78 Å². The minimum atomic E-state index is -0.494. The Kier molecular flexibility index (Phi) is 7.29. The first-order valence-electron chi connectivity index (χ1n) is 14.0. The molecule has 2 aromatic rings. The Balaban J connectivity index is 1.49. The van der Waals surface area contributed by atoms with Crippen LogP contribution in [-0.4, -0.2) is 45.2 Å². The van der Waals surface area contributed by atoms with Gasteiger partial charge >= 0.3 is 5.97 Å². The molecule has 3 heterocycles. The SMILES string of the molecule is CCOC(=O)c1nc2ccccc2c(=O)n1C1CC2CCCC(C1)N2C1CC(CC)CC(CC)C1. The van der Waals surface area contributed by atoms with E-state index in [0.717, 1.165) is 24.7 Å². The van der Waals surface area contributed by atoms with E-state index in [0.29, 0.717) is 29.0 Å². The molecule has 1 aromatic heterocycles. The highest BCUT2D eigenvalue weighted by atomic mass is 16.5. The maximum Gasteiger partial charge on any atom is 0.374 e. The lowest BCUT2D eigenvalue weighted by Gasteiger charge is -2.54. The number of fused-ring (bicyclic) bond motifs is 3. The van der Waals surface area contributed by atoms with Gasteiger partial charge in [0.05, 0.1) is 17.5 Å². The van der Waals surface area contributed by atoms with E-state index in [4.69, 9.17) is 4.74 Å². The number of hydrogen-bond donors (Lipinski definition) is 0. The number of piperidine rings is 2. The molecule has 4 unspecified atom stereocenters. The summed E-state index contributed by atoms with van der Waals surface area (Å²) >= 11 is 0. The van der Waals surface area contributed by atoms with Crippen molar-refractivity contribution < 1.29 is 9.53 Å². The van der Waals surface area contributed by atoms with Crippen LogP contribution in [0.1, 0.15) is 102 Å². The van der Waals surface area contributed by atoms with Gasteiger partial charge in [-0.3, -0.25) is 14.3 Å². The minimum Gasteiger partial charge on any atom is -0.460 e. The Bertz CT molecular complexity index is 1090. The summed E-state index contributed by atoms with van der Waals surface area (Å²) in [6.07, 6.45) is 12.0. The molecule has 6 heteroatoms. The number of esters is 1. The van der Waals surface area contributed by atoms with Crippen LogP contribution in [0.25, 0.3) is 10.9 Å². The molecule has 1 aromatic carbocycles. The van der Waals surface area contributed by atoms with Gasteiger partial charge in [0.25, 0.3) is 5.56 Å². The monoisotopic (exact) mass is 479 g/mol. The van der Waals surface area contributed by atoms with Crippen LogP contribution in [-0.2, 0) is 4.74 Å². The van der Waals surface area contributed by atoms with Crippen LogP contribution in [0.2, 0.25) is 0 Å². The van der Waals surface area contributed by atoms with Crippen LogP contribution < -0.4 is 5.56 Å². The van der Waals surface area contributed by atoms with Crippen molar-refractivity contribution in [2.45, 2.75) is 109 Å². The van der Waals surface area contributed by atoms with Crippen LogP contribution in [0.15, 0.2) is 29.1 Å². The smallest absolute Gasteiger partial charge is 0.374 e. The molecule has 1 saturated carbocycles. The predicted molar refractivity (Wildman–Crippen MR) is 139 cm³/mol. The lowest BCUT2D eigenvalue weighted by molar-refractivity contribution is -0.0441. The molecule has 2 bridgehead atoms. The van der Waals surface area contributed by atoms with Crippen LogP contribution >= 0.6 is 0 Å². The quantitative estimate of drug-likeness (QED) is 0.495. The third kappa shape index (κ3) is 4.66. The molecule has 2 saturated heterocycles. The molecular weight excluding hydrogens is 438 g/mol. The summed E-state index contributed by atoms with van der Waals surface area (Å²) in [4.78, 5) is 34.2. The van der Waals surface area contributed by atoms with Crippen molar-refractivity contribution >= 4 is 16.9 Å². The first-order valence-corrected chi connectivity index (χ1v) is 14.0. The van der Waals surface area contributed by atoms with Gasteiger partial charge in [0.15, 0.2) is 0 Å². The van der Waals surface area contributed by atoms with Gasteiger partial charge in [-0.15, -0.1) is 0 Å². The molecule has 0 N–H and O–H groups in total. The molecule has 5 rings (SSSR count). The standard InChI is InChI=1S/C29H41N3O3/c1-4-19-14-20(5-2)16-23(15-19)31-21-10-9-11-22(31)18-24(17-21)32-27(29(34)35-6-3)30-26-13-8-7-12-25(26)28(32)33/h7-8,12-13,19-24H,4-6,9-11,14-18H2,1-3H3. The molecule has 2 aliphatic heterocycles. The van der Waals surface area contributed by atoms with E-state index in [1.165, 1.54) is 51.4 Å². The fourth-order valence-corrected chi connectivity index (χ4v) is 7.46. The third-order valence-electron chi connectivity index (χ3n) is 9.09. The second-order valence-corrected chi connectivity index (χ2v) is 11.1. The van der Waals surface area contributed by atoms with Crippen molar-refractivity contribution in [1.82, 2.24) is 14.5 Å². The molecule has 3 aliphatic rings. The Morgan fingerprint density at radius 1 is 0.914 bits per heavy atom. The van der Waals surface area contributed by atoms with Crippen LogP contribution in [0.5, 0.6) is 0 Å². The van der Waals surface area contributed by atoms with E-state index < -0.39 is 5.97 Å². The van der Waals surface area contributed by atoms with Crippen LogP contribution in [0.4, 0.5) is 0 Å². The lowest BCUT2D eigenvalue weighted by Crippen LogP contribution is -2.58. The molecule has 1 aliphatic carbocycles. The summed E-state index contributed by atoms with van der Waals surface area (Å²) in [7, 11) is 0. The Morgan fingerprint density at radius 3 is 2.20 bits per heavy atom. The van der Waals surface area contributed by atoms with Gasteiger partial charge in [0, 0.05) is 24.2 Å². The van der Waals surface area contributed by atoms with Crippen LogP contribution in [0, 0.1) is 11.8 Å². The van der Waals surface area contributed by atoms with E-state index in [2.05, 4.69) is 23.7 Å². The molecule has 0 radical (unpaired) electrons. The van der Waals surface area contributed by atoms with Gasteiger partial charge < -0.3 is 4.74 Å². The van der Waals surface area contributed by atoms with E-state index in [1.54, 1.807) is 17.6 Å². The number of rotatable bonds is 6. The van der Waals surface area contributed by atoms with Crippen molar-refractivity contribution in [3.63, 3.8) is 0 Å². The fraction of sp³-hybridized carbons (Fsp3) is 0.690. The number of hydrogen-bond acceptors (Lipinski definition) is 5. The fourth-order valence-electron chi connectivity index (χ4n) is 7.46. The predicted octanol–water partition coefficient (Wildman–Crippen LogP) is 5.74. The Labute approximate surface area is 209 Å². The minimum absolute atomic E-state index is 0.0157. The topological polar surface area (TPSA) is 64.4 Å². The first kappa shape index (κ1) is 24.5. The molecule has 6 nitrogen and oxygen atoms in total. The zero-order valence-electron chi connectivity index (χ0n) is 21.6. The summed E-state index contributed by atoms with van der Waals surface area (Å²) in [5, 5.41) is 0.581. The van der Waals surface area contributed by atoms with Crippen molar-refractivity contribution in [2.75, 3.05) is 6.61 Å². The van der Waals surface area contributed by atoms with Crippen molar-refractivity contribution in [2.24, 2.45) is 11.8 Å². The normalized spacial score (nSPS) is 31.4. The summed E-state index contributed by atoms with van der Waals surface area (Å²) in [6.45, 7) is 6.76. The highest BCUT2D eigenvalue weighted by Gasteiger charge is 2.45. The third-order valence-corrected chi connectivity index (χ3v) is 9.09. The molecule has 0 spiro atoms. The van der Waals surface area contributed by atoms with E-state index in [-0.39, 0.29) is 24.0 Å². The largest absolute Gasteiger partial charge is 0.460 e. The molecule has 35 heavy (non-hydrogen) atoms. The van der Waals surface area contributed by atoms with Crippen molar-refractivity contribution in [3.8, 4) is 0 Å². The molecule has 3 fully saturated rings. The summed E-state index contributed by atoms with van der Waals surface area (Å²) in [5.41, 5.74) is 0.456. The number of ether oxygens (including phenoxy) is 1. The number of nitrogens with zero attached hydrogens (tertiary/aromatic N) is 3. The first-order chi connectivity index (χ1) is 17.0. The molecule has 190 valence electrons. The van der Waals surface area contributed by atoms with Gasteiger partial charge in [-0.05, 0) is 75.8 Å². The van der Waals surface area contributed by atoms with Gasteiger partial charge in [0.1, 0.15) is 0 Å². The zero-order valence-corrected chi connectivity index (χ0v) is 21.6. The lowest BCUT2D eigenvalue weighted by atomic mass is 9.72. The summed E-state index contributed by atoms with van der Waals surface area (Å²) in [5.74, 6) is 1.34. The molecular formula is C29H41N3O3. The highest BCUT2D eigenvalue weighted by molar-refractivity contribution is 5.89. The average Bonchev–Trinajstić information content (AvgIpc) is 2.87. The Morgan fingerprint density at radius 2 is 1.57 bits per heavy atom. The maximum atomic E-state index is 13.7. The van der Waals surface area contributed by atoms with Crippen molar-refractivity contribution in [1.29, 1.82) is 0 Å². The summed E-state index contributed by atoms with van der Waals surface area (Å²) < 4.78 is 7.05. The van der Waals surface area contributed by atoms with Gasteiger partial charge in [-0.2, -0.15) is 0 Å². The van der Waals surface area contributed by atoms with E-state index in [1.807, 2.05) is 18.2 Å². The second kappa shape index (κ2) is 10.4. The van der Waals surface area contributed by atoms with E-state index >= 15 is 0 Å². The highest BCUT2D eigenvalue weighted by Crippen LogP contribution is 2.45. The number of carbonyl (C=O) groups is 1.